The Hall–Kier alpha value is -1.77. The molecule has 1 saturated carbocycles. The lowest BCUT2D eigenvalue weighted by Gasteiger charge is -2.45. The molecule has 1 aliphatic heterocycles. The minimum atomic E-state index is -0.0901. The lowest BCUT2D eigenvalue weighted by Crippen LogP contribution is -2.47. The maximum Gasteiger partial charge on any atom is 0.220 e. The molecule has 1 aliphatic carbocycles. The molecular formula is C18H22N2O. The summed E-state index contributed by atoms with van der Waals surface area (Å²) in [4.78, 5) is 0. The maximum absolute atomic E-state index is 6.48. The van der Waals surface area contributed by atoms with Crippen LogP contribution >= 0.6 is 0 Å². The van der Waals surface area contributed by atoms with Crippen molar-refractivity contribution in [2.75, 3.05) is 0 Å². The van der Waals surface area contributed by atoms with Gasteiger partial charge in [0.15, 0.2) is 0 Å². The van der Waals surface area contributed by atoms with E-state index >= 15 is 0 Å². The molecule has 3 nitrogen and oxygen atoms in total. The first-order valence-corrected chi connectivity index (χ1v) is 7.76. The van der Waals surface area contributed by atoms with E-state index in [1.54, 1.807) is 0 Å². The monoisotopic (exact) mass is 282 g/mol. The number of ether oxygens (including phenoxy) is 1. The highest BCUT2D eigenvalue weighted by atomic mass is 16.5. The van der Waals surface area contributed by atoms with E-state index in [9.17, 15) is 0 Å². The van der Waals surface area contributed by atoms with E-state index < -0.39 is 0 Å². The highest BCUT2D eigenvalue weighted by molar-refractivity contribution is 5.44. The molecule has 0 N–H and O–H groups in total. The first kappa shape index (κ1) is 12.9. The Balaban J connectivity index is 1.85. The van der Waals surface area contributed by atoms with E-state index in [2.05, 4.69) is 57.1 Å². The number of nitrogens with zero attached hydrogens (tertiary/aromatic N) is 2. The van der Waals surface area contributed by atoms with E-state index in [1.165, 1.54) is 17.5 Å². The van der Waals surface area contributed by atoms with Gasteiger partial charge in [-0.2, -0.15) is 5.10 Å². The van der Waals surface area contributed by atoms with Crippen LogP contribution in [0.25, 0.3) is 5.69 Å². The molecule has 2 aliphatic rings. The molecule has 1 fully saturated rings. The number of rotatable bonds is 1. The zero-order chi connectivity index (χ0) is 14.8. The van der Waals surface area contributed by atoms with Crippen LogP contribution in [0.5, 0.6) is 5.88 Å². The first-order valence-electron chi connectivity index (χ1n) is 7.76. The predicted molar refractivity (Wildman–Crippen MR) is 83.1 cm³/mol. The molecule has 0 amide bonds. The zero-order valence-corrected chi connectivity index (χ0v) is 13.2. The second-order valence-electron chi connectivity index (χ2n) is 7.30. The van der Waals surface area contributed by atoms with Crippen molar-refractivity contribution in [3.63, 3.8) is 0 Å². The summed E-state index contributed by atoms with van der Waals surface area (Å²) in [6.07, 6.45) is 4.32. The smallest absolute Gasteiger partial charge is 0.220 e. The number of aromatic nitrogens is 2. The van der Waals surface area contributed by atoms with Gasteiger partial charge in [0.1, 0.15) is 5.60 Å². The summed E-state index contributed by atoms with van der Waals surface area (Å²) in [7, 11) is 0. The van der Waals surface area contributed by atoms with Crippen LogP contribution in [-0.2, 0) is 0 Å². The minimum absolute atomic E-state index is 0.0901. The van der Waals surface area contributed by atoms with Crippen molar-refractivity contribution < 1.29 is 4.74 Å². The predicted octanol–water partition coefficient (Wildman–Crippen LogP) is 4.24. The van der Waals surface area contributed by atoms with Gasteiger partial charge in [-0.05, 0) is 44.7 Å². The standard InChI is InChI=1S/C18H22N2O/c1-12-5-7-13(8-6-12)20-16-14(11-19-20)15-9-10-18(4,21-16)17(15,2)3/h5-8,11,15H,9-10H2,1-4H3/t15-,18-/m1/s1. The van der Waals surface area contributed by atoms with E-state index in [1.807, 2.05) is 10.9 Å². The highest BCUT2D eigenvalue weighted by Gasteiger charge is 2.58. The summed E-state index contributed by atoms with van der Waals surface area (Å²) in [6, 6.07) is 8.45. The molecule has 2 aromatic rings. The molecule has 2 atom stereocenters. The van der Waals surface area contributed by atoms with Crippen LogP contribution in [-0.4, -0.2) is 15.4 Å². The second-order valence-corrected chi connectivity index (χ2v) is 7.30. The zero-order valence-electron chi connectivity index (χ0n) is 13.2. The van der Waals surface area contributed by atoms with Gasteiger partial charge in [0.25, 0.3) is 0 Å². The largest absolute Gasteiger partial charge is 0.470 e. The van der Waals surface area contributed by atoms with Gasteiger partial charge in [-0.3, -0.25) is 0 Å². The first-order chi connectivity index (χ1) is 9.92. The van der Waals surface area contributed by atoms with Gasteiger partial charge in [0.2, 0.25) is 5.88 Å². The fourth-order valence-corrected chi connectivity index (χ4v) is 3.97. The van der Waals surface area contributed by atoms with Gasteiger partial charge in [0.05, 0.1) is 11.9 Å². The Morgan fingerprint density at radius 3 is 2.62 bits per heavy atom. The number of fused-ring (bicyclic) bond motifs is 4. The van der Waals surface area contributed by atoms with E-state index in [0.717, 1.165) is 18.0 Å². The number of benzene rings is 1. The lowest BCUT2D eigenvalue weighted by molar-refractivity contribution is -0.0281. The van der Waals surface area contributed by atoms with Crippen molar-refractivity contribution in [1.29, 1.82) is 0 Å². The molecule has 1 aromatic carbocycles. The topological polar surface area (TPSA) is 27.1 Å². The number of hydrogen-bond donors (Lipinski definition) is 0. The molecule has 0 radical (unpaired) electrons. The van der Waals surface area contributed by atoms with Crippen molar-refractivity contribution in [3.05, 3.63) is 41.6 Å². The van der Waals surface area contributed by atoms with Crippen molar-refractivity contribution in [1.82, 2.24) is 9.78 Å². The van der Waals surface area contributed by atoms with E-state index in [0.29, 0.717) is 5.92 Å². The van der Waals surface area contributed by atoms with Gasteiger partial charge in [-0.25, -0.2) is 4.68 Å². The molecule has 3 heteroatoms. The highest BCUT2D eigenvalue weighted by Crippen LogP contribution is 2.61. The third-order valence-corrected chi connectivity index (χ3v) is 5.87. The minimum Gasteiger partial charge on any atom is -0.470 e. The third-order valence-electron chi connectivity index (χ3n) is 5.87. The SMILES string of the molecule is Cc1ccc(-n2ncc3c2O[C@]2(C)CC[C@H]3C2(C)C)cc1. The molecule has 0 unspecified atom stereocenters. The Labute approximate surface area is 125 Å². The molecule has 4 rings (SSSR count). The van der Waals surface area contributed by atoms with E-state index in [-0.39, 0.29) is 11.0 Å². The Bertz CT molecular complexity index is 699. The van der Waals surface area contributed by atoms with Crippen LogP contribution < -0.4 is 4.74 Å². The average Bonchev–Trinajstić information content (AvgIpc) is 2.87. The third kappa shape index (κ3) is 1.57. The molecule has 2 bridgehead atoms. The van der Waals surface area contributed by atoms with Crippen LogP contribution in [0.3, 0.4) is 0 Å². The van der Waals surface area contributed by atoms with E-state index in [4.69, 9.17) is 4.74 Å². The normalized spacial score (nSPS) is 29.0. The summed E-state index contributed by atoms with van der Waals surface area (Å²) < 4.78 is 8.44. The Kier molecular flexibility index (Phi) is 2.40. The summed E-state index contributed by atoms with van der Waals surface area (Å²) in [5.74, 6) is 1.49. The van der Waals surface area contributed by atoms with Crippen LogP contribution in [0, 0.1) is 12.3 Å². The van der Waals surface area contributed by atoms with Gasteiger partial charge >= 0.3 is 0 Å². The van der Waals surface area contributed by atoms with Crippen LogP contribution in [0.1, 0.15) is 50.7 Å². The van der Waals surface area contributed by atoms with Gasteiger partial charge in [-0.1, -0.05) is 31.5 Å². The summed E-state index contributed by atoms with van der Waals surface area (Å²) >= 11 is 0. The van der Waals surface area contributed by atoms with Crippen molar-refractivity contribution in [3.8, 4) is 11.6 Å². The fourth-order valence-electron chi connectivity index (χ4n) is 3.97. The van der Waals surface area contributed by atoms with Crippen molar-refractivity contribution in [2.45, 2.75) is 52.1 Å². The number of aryl methyl sites for hydroxylation is 1. The van der Waals surface area contributed by atoms with Crippen molar-refractivity contribution >= 4 is 0 Å². The molecule has 21 heavy (non-hydrogen) atoms. The van der Waals surface area contributed by atoms with Gasteiger partial charge < -0.3 is 4.74 Å². The van der Waals surface area contributed by atoms with Crippen LogP contribution in [0.2, 0.25) is 0 Å². The Morgan fingerprint density at radius 1 is 1.19 bits per heavy atom. The van der Waals surface area contributed by atoms with Gasteiger partial charge in [0, 0.05) is 11.0 Å². The molecule has 1 aromatic heterocycles. The van der Waals surface area contributed by atoms with Crippen molar-refractivity contribution in [2.24, 2.45) is 5.41 Å². The van der Waals surface area contributed by atoms with Crippen LogP contribution in [0.15, 0.2) is 30.5 Å². The van der Waals surface area contributed by atoms with Crippen LogP contribution in [0.4, 0.5) is 0 Å². The molecule has 110 valence electrons. The summed E-state index contributed by atoms with van der Waals surface area (Å²) in [5.41, 5.74) is 3.68. The second kappa shape index (κ2) is 3.90. The molecule has 2 heterocycles. The maximum atomic E-state index is 6.48. The lowest BCUT2D eigenvalue weighted by atomic mass is 9.70. The van der Waals surface area contributed by atoms with Gasteiger partial charge in [-0.15, -0.1) is 0 Å². The fraction of sp³-hybridized carbons (Fsp3) is 0.500. The molecule has 0 saturated heterocycles. The average molecular weight is 282 g/mol. The molecular weight excluding hydrogens is 260 g/mol. The number of hydrogen-bond acceptors (Lipinski definition) is 2. The summed E-state index contributed by atoms with van der Waals surface area (Å²) in [5, 5.41) is 4.60. The summed E-state index contributed by atoms with van der Waals surface area (Å²) in [6.45, 7) is 9.01. The quantitative estimate of drug-likeness (QED) is 0.782. The molecule has 0 spiro atoms. The Morgan fingerprint density at radius 2 is 1.90 bits per heavy atom.